The molecule has 0 aliphatic carbocycles. The quantitative estimate of drug-likeness (QED) is 0.781. The van der Waals surface area contributed by atoms with Gasteiger partial charge >= 0.3 is 0 Å². The first-order valence-corrected chi connectivity index (χ1v) is 7.09. The van der Waals surface area contributed by atoms with Gasteiger partial charge in [0, 0.05) is 17.5 Å². The maximum Gasteiger partial charge on any atom is 0.171 e. The molecule has 18 heavy (non-hydrogen) atoms. The van der Waals surface area contributed by atoms with Crippen molar-refractivity contribution in [1.82, 2.24) is 4.98 Å². The molecule has 0 radical (unpaired) electrons. The molecule has 0 aliphatic heterocycles. The second-order valence-corrected chi connectivity index (χ2v) is 6.13. The number of halogens is 2. The summed E-state index contributed by atoms with van der Waals surface area (Å²) < 4.78 is 0.966. The molecule has 0 N–H and O–H groups in total. The molecule has 0 aromatic carbocycles. The van der Waals surface area contributed by atoms with E-state index in [1.54, 1.807) is 12.3 Å². The van der Waals surface area contributed by atoms with Gasteiger partial charge in [-0.25, -0.2) is 0 Å². The predicted octanol–water partition coefficient (Wildman–Crippen LogP) is 4.44. The lowest BCUT2D eigenvalue weighted by Gasteiger charge is -2.01. The third kappa shape index (κ3) is 3.10. The predicted molar refractivity (Wildman–Crippen MR) is 76.0 cm³/mol. The molecule has 2 rings (SSSR count). The molecule has 5 heteroatoms. The standard InChI is InChI=1S/C13H11Cl2NOS/c1-2-8-3-4-9(16-7-8)5-11(17)10-6-12(14)18-13(10)15/h3-4,6-7H,2,5H2,1H3. The van der Waals surface area contributed by atoms with Crippen LogP contribution in [0.5, 0.6) is 0 Å². The van der Waals surface area contributed by atoms with E-state index in [-0.39, 0.29) is 12.2 Å². The van der Waals surface area contributed by atoms with Crippen LogP contribution in [-0.4, -0.2) is 10.8 Å². The van der Waals surface area contributed by atoms with Crippen molar-refractivity contribution in [1.29, 1.82) is 0 Å². The number of aryl methyl sites for hydroxylation is 1. The van der Waals surface area contributed by atoms with Gasteiger partial charge in [0.1, 0.15) is 4.34 Å². The Hall–Kier alpha value is -0.900. The summed E-state index contributed by atoms with van der Waals surface area (Å²) >= 11 is 13.0. The Balaban J connectivity index is 2.13. The van der Waals surface area contributed by atoms with Crippen molar-refractivity contribution in [2.75, 3.05) is 0 Å². The molecule has 2 aromatic rings. The highest BCUT2D eigenvalue weighted by molar-refractivity contribution is 7.20. The number of aromatic nitrogens is 1. The zero-order chi connectivity index (χ0) is 13.1. The van der Waals surface area contributed by atoms with Gasteiger partial charge in [0.15, 0.2) is 5.78 Å². The van der Waals surface area contributed by atoms with E-state index in [0.29, 0.717) is 14.2 Å². The molecule has 2 heterocycles. The number of carbonyl (C=O) groups is 1. The van der Waals surface area contributed by atoms with Gasteiger partial charge in [0.25, 0.3) is 0 Å². The van der Waals surface area contributed by atoms with E-state index in [9.17, 15) is 4.79 Å². The van der Waals surface area contributed by atoms with Gasteiger partial charge in [0.2, 0.25) is 0 Å². The lowest BCUT2D eigenvalue weighted by molar-refractivity contribution is 0.0992. The number of rotatable bonds is 4. The summed E-state index contributed by atoms with van der Waals surface area (Å²) in [5, 5.41) is 0. The number of carbonyl (C=O) groups excluding carboxylic acids is 1. The number of hydrogen-bond donors (Lipinski definition) is 0. The third-order valence-corrected chi connectivity index (χ3v) is 4.08. The van der Waals surface area contributed by atoms with E-state index in [1.807, 2.05) is 12.1 Å². The van der Waals surface area contributed by atoms with Crippen molar-refractivity contribution in [3.05, 3.63) is 49.9 Å². The number of thiophene rings is 1. The molecule has 0 atom stereocenters. The molecule has 0 aliphatic rings. The summed E-state index contributed by atoms with van der Waals surface area (Å²) in [5.41, 5.74) is 2.38. The Morgan fingerprint density at radius 1 is 1.39 bits per heavy atom. The largest absolute Gasteiger partial charge is 0.294 e. The van der Waals surface area contributed by atoms with Crippen LogP contribution >= 0.6 is 34.5 Å². The molecule has 0 unspecified atom stereocenters. The van der Waals surface area contributed by atoms with Crippen LogP contribution < -0.4 is 0 Å². The van der Waals surface area contributed by atoms with Crippen molar-refractivity contribution < 1.29 is 4.79 Å². The van der Waals surface area contributed by atoms with Crippen molar-refractivity contribution in [3.8, 4) is 0 Å². The zero-order valence-corrected chi connectivity index (χ0v) is 12.1. The van der Waals surface area contributed by atoms with Crippen LogP contribution in [0.3, 0.4) is 0 Å². The van der Waals surface area contributed by atoms with E-state index in [0.717, 1.165) is 17.7 Å². The first-order chi connectivity index (χ1) is 8.60. The summed E-state index contributed by atoms with van der Waals surface area (Å²) in [7, 11) is 0. The minimum Gasteiger partial charge on any atom is -0.294 e. The summed E-state index contributed by atoms with van der Waals surface area (Å²) in [5.74, 6) is -0.0556. The summed E-state index contributed by atoms with van der Waals surface area (Å²) in [6.45, 7) is 2.06. The summed E-state index contributed by atoms with van der Waals surface area (Å²) in [6.07, 6.45) is 2.98. The molecular weight excluding hydrogens is 289 g/mol. The van der Waals surface area contributed by atoms with Gasteiger partial charge < -0.3 is 0 Å². The molecule has 0 saturated heterocycles. The van der Waals surface area contributed by atoms with E-state index in [4.69, 9.17) is 23.2 Å². The number of ketones is 1. The molecule has 0 amide bonds. The Morgan fingerprint density at radius 3 is 2.67 bits per heavy atom. The average molecular weight is 300 g/mol. The van der Waals surface area contributed by atoms with Gasteiger partial charge in [-0.1, -0.05) is 36.2 Å². The fraction of sp³-hybridized carbons (Fsp3) is 0.231. The lowest BCUT2D eigenvalue weighted by Crippen LogP contribution is -2.04. The number of pyridine rings is 1. The van der Waals surface area contributed by atoms with Crippen molar-refractivity contribution >= 4 is 40.3 Å². The van der Waals surface area contributed by atoms with Crippen LogP contribution in [0, 0.1) is 0 Å². The maximum absolute atomic E-state index is 12.0. The second kappa shape index (κ2) is 5.83. The molecule has 0 fully saturated rings. The second-order valence-electron chi connectivity index (χ2n) is 3.85. The van der Waals surface area contributed by atoms with E-state index in [2.05, 4.69) is 11.9 Å². The monoisotopic (exact) mass is 299 g/mol. The molecule has 0 saturated carbocycles. The van der Waals surface area contributed by atoms with Crippen LogP contribution in [-0.2, 0) is 12.8 Å². The Morgan fingerprint density at radius 2 is 2.17 bits per heavy atom. The van der Waals surface area contributed by atoms with Gasteiger partial charge in [-0.2, -0.15) is 0 Å². The average Bonchev–Trinajstić information content (AvgIpc) is 2.69. The Bertz CT molecular complexity index is 563. The topological polar surface area (TPSA) is 30.0 Å². The number of Topliss-reactive ketones (excluding diaryl/α,β-unsaturated/α-hetero) is 1. The molecule has 0 spiro atoms. The van der Waals surface area contributed by atoms with Gasteiger partial charge in [-0.15, -0.1) is 11.3 Å². The molecule has 94 valence electrons. The molecule has 2 nitrogen and oxygen atoms in total. The Kier molecular flexibility index (Phi) is 4.38. The van der Waals surface area contributed by atoms with Crippen LogP contribution in [0.2, 0.25) is 8.67 Å². The zero-order valence-electron chi connectivity index (χ0n) is 9.74. The van der Waals surface area contributed by atoms with E-state index >= 15 is 0 Å². The van der Waals surface area contributed by atoms with Crippen LogP contribution in [0.1, 0.15) is 28.5 Å². The SMILES string of the molecule is CCc1ccc(CC(=O)c2cc(Cl)sc2Cl)nc1. The van der Waals surface area contributed by atoms with Gasteiger partial charge in [-0.05, 0) is 24.1 Å². The minimum absolute atomic E-state index is 0.0556. The number of hydrogen-bond acceptors (Lipinski definition) is 3. The highest BCUT2D eigenvalue weighted by Gasteiger charge is 2.15. The van der Waals surface area contributed by atoms with E-state index in [1.165, 1.54) is 11.3 Å². The fourth-order valence-electron chi connectivity index (χ4n) is 1.56. The molecule has 0 bridgehead atoms. The smallest absolute Gasteiger partial charge is 0.171 e. The highest BCUT2D eigenvalue weighted by atomic mass is 35.5. The van der Waals surface area contributed by atoms with Gasteiger partial charge in [-0.3, -0.25) is 9.78 Å². The normalized spacial score (nSPS) is 10.6. The summed E-state index contributed by atoms with van der Waals surface area (Å²) in [4.78, 5) is 16.3. The van der Waals surface area contributed by atoms with Crippen molar-refractivity contribution in [3.63, 3.8) is 0 Å². The van der Waals surface area contributed by atoms with Crippen LogP contribution in [0.15, 0.2) is 24.4 Å². The molecular formula is C13H11Cl2NOS. The minimum atomic E-state index is -0.0556. The third-order valence-electron chi connectivity index (χ3n) is 2.59. The number of nitrogens with zero attached hydrogens (tertiary/aromatic N) is 1. The first-order valence-electron chi connectivity index (χ1n) is 5.52. The maximum atomic E-state index is 12.0. The molecule has 2 aromatic heterocycles. The highest BCUT2D eigenvalue weighted by Crippen LogP contribution is 2.31. The van der Waals surface area contributed by atoms with Crippen molar-refractivity contribution in [2.45, 2.75) is 19.8 Å². The van der Waals surface area contributed by atoms with Crippen LogP contribution in [0.25, 0.3) is 0 Å². The fourth-order valence-corrected chi connectivity index (χ4v) is 3.06. The lowest BCUT2D eigenvalue weighted by atomic mass is 10.1. The van der Waals surface area contributed by atoms with Gasteiger partial charge in [0.05, 0.1) is 10.8 Å². The summed E-state index contributed by atoms with van der Waals surface area (Å²) in [6, 6.07) is 5.47. The Labute approximate surface area is 120 Å². The van der Waals surface area contributed by atoms with E-state index < -0.39 is 0 Å². The van der Waals surface area contributed by atoms with Crippen molar-refractivity contribution in [2.24, 2.45) is 0 Å². The van der Waals surface area contributed by atoms with Crippen LogP contribution in [0.4, 0.5) is 0 Å². The first kappa shape index (κ1) is 13.5.